The summed E-state index contributed by atoms with van der Waals surface area (Å²) >= 11 is 7.24. The first-order chi connectivity index (χ1) is 6.42. The third kappa shape index (κ3) is 1.74. The number of halogens is 1. The topological polar surface area (TPSA) is 12.9 Å². The summed E-state index contributed by atoms with van der Waals surface area (Å²) in [5.41, 5.74) is 3.26. The average molecular weight is 210 g/mol. The summed E-state index contributed by atoms with van der Waals surface area (Å²) < 4.78 is 4.31. The SMILES string of the molecule is ClCc1csnc1-c1ccccc1. The highest BCUT2D eigenvalue weighted by Crippen LogP contribution is 2.24. The van der Waals surface area contributed by atoms with Gasteiger partial charge >= 0.3 is 0 Å². The van der Waals surface area contributed by atoms with E-state index in [4.69, 9.17) is 11.6 Å². The molecule has 13 heavy (non-hydrogen) atoms. The minimum absolute atomic E-state index is 0.528. The molecule has 2 aromatic rings. The highest BCUT2D eigenvalue weighted by molar-refractivity contribution is 7.04. The lowest BCUT2D eigenvalue weighted by Gasteiger charge is -1.97. The largest absolute Gasteiger partial charge is 0.192 e. The Hall–Kier alpha value is -0.860. The van der Waals surface area contributed by atoms with Gasteiger partial charge in [0.25, 0.3) is 0 Å². The van der Waals surface area contributed by atoms with Crippen LogP contribution in [0.3, 0.4) is 0 Å². The molecule has 1 nitrogen and oxygen atoms in total. The summed E-state index contributed by atoms with van der Waals surface area (Å²) in [6, 6.07) is 10.1. The van der Waals surface area contributed by atoms with Gasteiger partial charge in [0.1, 0.15) is 0 Å². The molecular formula is C10H8ClNS. The maximum absolute atomic E-state index is 5.79. The fourth-order valence-corrected chi connectivity index (χ4v) is 2.18. The normalized spacial score (nSPS) is 10.2. The van der Waals surface area contributed by atoms with Gasteiger partial charge in [0.15, 0.2) is 0 Å². The van der Waals surface area contributed by atoms with Crippen LogP contribution in [-0.4, -0.2) is 4.37 Å². The van der Waals surface area contributed by atoms with Crippen LogP contribution in [0, 0.1) is 0 Å². The van der Waals surface area contributed by atoms with E-state index in [1.165, 1.54) is 11.5 Å². The van der Waals surface area contributed by atoms with Crippen molar-refractivity contribution in [3.05, 3.63) is 41.3 Å². The van der Waals surface area contributed by atoms with Gasteiger partial charge in [-0.3, -0.25) is 0 Å². The van der Waals surface area contributed by atoms with E-state index in [2.05, 4.69) is 4.37 Å². The van der Waals surface area contributed by atoms with E-state index in [1.54, 1.807) is 0 Å². The van der Waals surface area contributed by atoms with Gasteiger partial charge in [0.2, 0.25) is 0 Å². The van der Waals surface area contributed by atoms with Gasteiger partial charge < -0.3 is 0 Å². The summed E-state index contributed by atoms with van der Waals surface area (Å²) in [4.78, 5) is 0. The van der Waals surface area contributed by atoms with Crippen LogP contribution >= 0.6 is 23.1 Å². The molecule has 0 saturated carbocycles. The fraction of sp³-hybridized carbons (Fsp3) is 0.100. The van der Waals surface area contributed by atoms with Crippen molar-refractivity contribution < 1.29 is 0 Å². The molecule has 0 bridgehead atoms. The number of hydrogen-bond donors (Lipinski definition) is 0. The summed E-state index contributed by atoms with van der Waals surface area (Å²) in [5, 5.41) is 2.00. The van der Waals surface area contributed by atoms with Crippen LogP contribution in [-0.2, 0) is 5.88 Å². The van der Waals surface area contributed by atoms with Crippen molar-refractivity contribution in [1.29, 1.82) is 0 Å². The second-order valence-corrected chi connectivity index (χ2v) is 3.58. The van der Waals surface area contributed by atoms with Gasteiger partial charge in [0, 0.05) is 16.5 Å². The van der Waals surface area contributed by atoms with Crippen molar-refractivity contribution in [3.63, 3.8) is 0 Å². The zero-order valence-electron chi connectivity index (χ0n) is 6.90. The Labute approximate surface area is 86.2 Å². The lowest BCUT2D eigenvalue weighted by Crippen LogP contribution is -1.81. The third-order valence-electron chi connectivity index (χ3n) is 1.83. The average Bonchev–Trinajstić information content (AvgIpc) is 2.67. The first kappa shape index (κ1) is 8.73. The predicted molar refractivity (Wildman–Crippen MR) is 57.1 cm³/mol. The molecule has 0 atom stereocenters. The molecule has 0 aliphatic carbocycles. The molecule has 1 heterocycles. The van der Waals surface area contributed by atoms with Crippen LogP contribution in [0.4, 0.5) is 0 Å². The van der Waals surface area contributed by atoms with Crippen molar-refractivity contribution in [1.82, 2.24) is 4.37 Å². The van der Waals surface area contributed by atoms with Gasteiger partial charge in [0.05, 0.1) is 11.6 Å². The number of nitrogens with zero attached hydrogens (tertiary/aromatic N) is 1. The van der Waals surface area contributed by atoms with Crippen LogP contribution in [0.15, 0.2) is 35.7 Å². The van der Waals surface area contributed by atoms with Crippen LogP contribution in [0.1, 0.15) is 5.56 Å². The van der Waals surface area contributed by atoms with Gasteiger partial charge in [-0.05, 0) is 11.5 Å². The molecular weight excluding hydrogens is 202 g/mol. The summed E-state index contributed by atoms with van der Waals surface area (Å²) in [6.07, 6.45) is 0. The molecule has 1 aromatic heterocycles. The molecule has 0 amide bonds. The lowest BCUT2D eigenvalue weighted by atomic mass is 10.1. The molecule has 66 valence electrons. The van der Waals surface area contributed by atoms with Gasteiger partial charge in [-0.1, -0.05) is 30.3 Å². The summed E-state index contributed by atoms with van der Waals surface area (Å²) in [5.74, 6) is 0.528. The Morgan fingerprint density at radius 2 is 2.00 bits per heavy atom. The standard InChI is InChI=1S/C10H8ClNS/c11-6-9-7-13-12-10(9)8-4-2-1-3-5-8/h1-5,7H,6H2. The molecule has 0 N–H and O–H groups in total. The Morgan fingerprint density at radius 3 is 2.69 bits per heavy atom. The quantitative estimate of drug-likeness (QED) is 0.690. The van der Waals surface area contributed by atoms with E-state index in [-0.39, 0.29) is 0 Å². The van der Waals surface area contributed by atoms with E-state index < -0.39 is 0 Å². The maximum atomic E-state index is 5.79. The third-order valence-corrected chi connectivity index (χ3v) is 2.80. The Morgan fingerprint density at radius 1 is 1.23 bits per heavy atom. The van der Waals surface area contributed by atoms with Crippen LogP contribution < -0.4 is 0 Å². The molecule has 3 heteroatoms. The minimum Gasteiger partial charge on any atom is -0.192 e. The molecule has 0 saturated heterocycles. The van der Waals surface area contributed by atoms with Gasteiger partial charge in [-0.25, -0.2) is 0 Å². The second-order valence-electron chi connectivity index (χ2n) is 2.69. The molecule has 0 fully saturated rings. The van der Waals surface area contributed by atoms with E-state index in [9.17, 15) is 0 Å². The Balaban J connectivity index is 2.47. The van der Waals surface area contributed by atoms with E-state index in [0.717, 1.165) is 16.8 Å². The predicted octanol–water partition coefficient (Wildman–Crippen LogP) is 3.55. The zero-order valence-corrected chi connectivity index (χ0v) is 8.48. The van der Waals surface area contributed by atoms with E-state index in [0.29, 0.717) is 5.88 Å². The fourth-order valence-electron chi connectivity index (χ4n) is 1.19. The van der Waals surface area contributed by atoms with Crippen molar-refractivity contribution in [3.8, 4) is 11.3 Å². The number of rotatable bonds is 2. The monoisotopic (exact) mass is 209 g/mol. The molecule has 0 spiro atoms. The van der Waals surface area contributed by atoms with Crippen molar-refractivity contribution >= 4 is 23.1 Å². The maximum Gasteiger partial charge on any atom is 0.0884 e. The number of hydrogen-bond acceptors (Lipinski definition) is 2. The Bertz CT molecular complexity index is 383. The highest BCUT2D eigenvalue weighted by Gasteiger charge is 2.05. The lowest BCUT2D eigenvalue weighted by molar-refractivity contribution is 1.39. The smallest absolute Gasteiger partial charge is 0.0884 e. The Kier molecular flexibility index (Phi) is 2.62. The first-order valence-electron chi connectivity index (χ1n) is 3.96. The number of aromatic nitrogens is 1. The molecule has 0 unspecified atom stereocenters. The van der Waals surface area contributed by atoms with E-state index >= 15 is 0 Å². The van der Waals surface area contributed by atoms with E-state index in [1.807, 2.05) is 35.7 Å². The highest BCUT2D eigenvalue weighted by atomic mass is 35.5. The molecule has 2 rings (SSSR count). The van der Waals surface area contributed by atoms with Gasteiger partial charge in [-0.15, -0.1) is 11.6 Å². The van der Waals surface area contributed by atoms with Crippen LogP contribution in [0.25, 0.3) is 11.3 Å². The summed E-state index contributed by atoms with van der Waals surface area (Å²) in [7, 11) is 0. The van der Waals surface area contributed by atoms with Crippen molar-refractivity contribution in [2.75, 3.05) is 0 Å². The molecule has 0 aliphatic rings. The van der Waals surface area contributed by atoms with Crippen molar-refractivity contribution in [2.45, 2.75) is 5.88 Å². The van der Waals surface area contributed by atoms with Crippen LogP contribution in [0.5, 0.6) is 0 Å². The summed E-state index contributed by atoms with van der Waals surface area (Å²) in [6.45, 7) is 0. The van der Waals surface area contributed by atoms with Crippen LogP contribution in [0.2, 0.25) is 0 Å². The van der Waals surface area contributed by atoms with Gasteiger partial charge in [-0.2, -0.15) is 4.37 Å². The number of alkyl halides is 1. The van der Waals surface area contributed by atoms with Crippen molar-refractivity contribution in [2.24, 2.45) is 0 Å². The molecule has 0 aliphatic heterocycles. The first-order valence-corrected chi connectivity index (χ1v) is 5.33. The molecule has 1 aromatic carbocycles. The molecule has 0 radical (unpaired) electrons. The zero-order chi connectivity index (χ0) is 9.10. The second kappa shape index (κ2) is 3.90. The number of benzene rings is 1. The minimum atomic E-state index is 0.528.